The van der Waals surface area contributed by atoms with Crippen LogP contribution in [0.4, 0.5) is 10.5 Å². The van der Waals surface area contributed by atoms with Gasteiger partial charge in [0, 0.05) is 23.6 Å². The van der Waals surface area contributed by atoms with Crippen LogP contribution < -0.4 is 5.32 Å². The summed E-state index contributed by atoms with van der Waals surface area (Å²) in [5, 5.41) is 3.49. The first-order valence-electron chi connectivity index (χ1n) is 8.63. The van der Waals surface area contributed by atoms with Crippen molar-refractivity contribution in [1.29, 1.82) is 0 Å². The molecule has 0 spiro atoms. The van der Waals surface area contributed by atoms with Crippen molar-refractivity contribution in [1.82, 2.24) is 9.88 Å². The van der Waals surface area contributed by atoms with E-state index in [1.807, 2.05) is 0 Å². The number of anilines is 1. The molecule has 0 fully saturated rings. The second-order valence-electron chi connectivity index (χ2n) is 7.09. The molecule has 0 aliphatic carbocycles. The molecule has 1 heterocycles. The van der Waals surface area contributed by atoms with Crippen LogP contribution >= 0.6 is 0 Å². The van der Waals surface area contributed by atoms with Crippen LogP contribution in [0.2, 0.25) is 0 Å². The fourth-order valence-corrected chi connectivity index (χ4v) is 2.35. The molecular formula is C19H25N3O5. The molecule has 1 aromatic heterocycles. The van der Waals surface area contributed by atoms with Gasteiger partial charge in [0.25, 0.3) is 0 Å². The summed E-state index contributed by atoms with van der Waals surface area (Å²) in [6.07, 6.45) is -0.571. The van der Waals surface area contributed by atoms with Gasteiger partial charge in [-0.1, -0.05) is 0 Å². The maximum Gasteiger partial charge on any atom is 0.410 e. The fraction of sp³-hybridized carbons (Fsp3) is 0.421. The number of aromatic nitrogens is 1. The Morgan fingerprint density at radius 2 is 1.89 bits per heavy atom. The summed E-state index contributed by atoms with van der Waals surface area (Å²) in [6.45, 7) is 7.16. The fourth-order valence-electron chi connectivity index (χ4n) is 2.35. The van der Waals surface area contributed by atoms with Gasteiger partial charge in [0.05, 0.1) is 6.61 Å². The minimum absolute atomic E-state index is 0.145. The highest BCUT2D eigenvalue weighted by atomic mass is 16.6. The van der Waals surface area contributed by atoms with Gasteiger partial charge in [-0.05, 0) is 52.0 Å². The van der Waals surface area contributed by atoms with E-state index in [-0.39, 0.29) is 12.5 Å². The molecule has 2 aromatic rings. The number of benzene rings is 1. The van der Waals surface area contributed by atoms with Crippen LogP contribution in [-0.2, 0) is 14.3 Å². The van der Waals surface area contributed by atoms with Crippen molar-refractivity contribution < 1.29 is 23.9 Å². The van der Waals surface area contributed by atoms with Crippen molar-refractivity contribution in [2.75, 3.05) is 25.5 Å². The number of carbonyl (C=O) groups is 3. The lowest BCUT2D eigenvalue weighted by Gasteiger charge is -2.24. The van der Waals surface area contributed by atoms with E-state index in [4.69, 9.17) is 9.47 Å². The zero-order valence-corrected chi connectivity index (χ0v) is 16.2. The van der Waals surface area contributed by atoms with E-state index in [1.165, 1.54) is 11.9 Å². The number of H-pyrrole nitrogens is 1. The van der Waals surface area contributed by atoms with Crippen LogP contribution in [0.1, 0.15) is 38.2 Å². The normalized spacial score (nSPS) is 11.1. The Balaban J connectivity index is 2.02. The number of amides is 2. The zero-order valence-electron chi connectivity index (χ0n) is 16.2. The smallest absolute Gasteiger partial charge is 0.410 e. The first-order chi connectivity index (χ1) is 12.6. The van der Waals surface area contributed by atoms with Gasteiger partial charge in [-0.2, -0.15) is 0 Å². The van der Waals surface area contributed by atoms with E-state index in [2.05, 4.69) is 10.3 Å². The second-order valence-corrected chi connectivity index (χ2v) is 7.09. The van der Waals surface area contributed by atoms with E-state index < -0.39 is 17.7 Å². The van der Waals surface area contributed by atoms with Gasteiger partial charge in [-0.15, -0.1) is 0 Å². The Kier molecular flexibility index (Phi) is 6.09. The molecule has 0 saturated heterocycles. The van der Waals surface area contributed by atoms with E-state index in [0.29, 0.717) is 18.0 Å². The third-order valence-corrected chi connectivity index (χ3v) is 3.49. The molecule has 0 aliphatic heterocycles. The largest absolute Gasteiger partial charge is 0.461 e. The van der Waals surface area contributed by atoms with E-state index in [0.717, 1.165) is 10.9 Å². The third-order valence-electron chi connectivity index (χ3n) is 3.49. The number of rotatable bonds is 5. The van der Waals surface area contributed by atoms with Crippen molar-refractivity contribution >= 4 is 34.6 Å². The van der Waals surface area contributed by atoms with Crippen LogP contribution in [0.3, 0.4) is 0 Å². The highest BCUT2D eigenvalue weighted by molar-refractivity contribution is 5.98. The number of nitrogens with one attached hydrogen (secondary N) is 2. The number of hydrogen-bond acceptors (Lipinski definition) is 5. The van der Waals surface area contributed by atoms with Gasteiger partial charge in [0.15, 0.2) is 0 Å². The molecule has 0 atom stereocenters. The van der Waals surface area contributed by atoms with Gasteiger partial charge >= 0.3 is 12.1 Å². The molecular weight excluding hydrogens is 350 g/mol. The average Bonchev–Trinajstić information content (AvgIpc) is 2.96. The Bertz CT molecular complexity index is 851. The Labute approximate surface area is 157 Å². The minimum atomic E-state index is -0.627. The summed E-state index contributed by atoms with van der Waals surface area (Å²) < 4.78 is 10.2. The van der Waals surface area contributed by atoms with Gasteiger partial charge < -0.3 is 24.7 Å². The molecule has 8 heteroatoms. The van der Waals surface area contributed by atoms with Crippen molar-refractivity contribution in [3.05, 3.63) is 30.0 Å². The van der Waals surface area contributed by atoms with Crippen LogP contribution in [0.25, 0.3) is 10.9 Å². The summed E-state index contributed by atoms with van der Waals surface area (Å²) in [5.41, 5.74) is 1.03. The van der Waals surface area contributed by atoms with Gasteiger partial charge in [0.1, 0.15) is 17.8 Å². The number of carbonyl (C=O) groups excluding carboxylic acids is 3. The van der Waals surface area contributed by atoms with Crippen molar-refractivity contribution in [2.45, 2.75) is 33.3 Å². The molecule has 0 bridgehead atoms. The number of hydrogen-bond donors (Lipinski definition) is 2. The number of likely N-dealkylation sites (N-methyl/N-ethyl adjacent to an activating group) is 1. The highest BCUT2D eigenvalue weighted by Gasteiger charge is 2.21. The summed E-state index contributed by atoms with van der Waals surface area (Å²) >= 11 is 0. The molecule has 0 unspecified atom stereocenters. The van der Waals surface area contributed by atoms with Crippen molar-refractivity contribution in [2.24, 2.45) is 0 Å². The van der Waals surface area contributed by atoms with Crippen molar-refractivity contribution in [3.63, 3.8) is 0 Å². The Morgan fingerprint density at radius 3 is 2.52 bits per heavy atom. The lowest BCUT2D eigenvalue weighted by Crippen LogP contribution is -2.38. The quantitative estimate of drug-likeness (QED) is 0.782. The van der Waals surface area contributed by atoms with E-state index in [1.54, 1.807) is 52.0 Å². The molecule has 0 radical (unpaired) electrons. The lowest BCUT2D eigenvalue weighted by atomic mass is 10.2. The van der Waals surface area contributed by atoms with E-state index in [9.17, 15) is 14.4 Å². The van der Waals surface area contributed by atoms with Crippen LogP contribution in [0, 0.1) is 0 Å². The summed E-state index contributed by atoms with van der Waals surface area (Å²) in [5.74, 6) is -0.790. The molecule has 2 rings (SSSR count). The number of aromatic amines is 1. The topological polar surface area (TPSA) is 101 Å². The van der Waals surface area contributed by atoms with Crippen LogP contribution in [0.15, 0.2) is 24.3 Å². The van der Waals surface area contributed by atoms with Crippen LogP contribution in [0.5, 0.6) is 0 Å². The number of ether oxygens (including phenoxy) is 2. The Morgan fingerprint density at radius 1 is 1.19 bits per heavy atom. The summed E-state index contributed by atoms with van der Waals surface area (Å²) in [4.78, 5) is 40.1. The molecule has 27 heavy (non-hydrogen) atoms. The molecule has 0 saturated carbocycles. The second kappa shape index (κ2) is 8.11. The first kappa shape index (κ1) is 20.3. The molecule has 0 aliphatic rings. The average molecular weight is 375 g/mol. The lowest BCUT2D eigenvalue weighted by molar-refractivity contribution is -0.117. The number of nitrogens with zero attached hydrogens (tertiary/aromatic N) is 1. The molecule has 2 N–H and O–H groups in total. The van der Waals surface area contributed by atoms with Gasteiger partial charge in [0.2, 0.25) is 5.91 Å². The standard InChI is InChI=1S/C19H25N3O5/c1-6-26-17(24)15-10-12-9-13(7-8-14(12)21-15)20-16(23)11-22(5)18(25)27-19(2,3)4/h7-10,21H,6,11H2,1-5H3,(H,20,23). The first-order valence-corrected chi connectivity index (χ1v) is 8.63. The SMILES string of the molecule is CCOC(=O)c1cc2cc(NC(=O)CN(C)C(=O)OC(C)(C)C)ccc2[nH]1. The molecule has 1 aromatic carbocycles. The van der Waals surface area contributed by atoms with Crippen molar-refractivity contribution in [3.8, 4) is 0 Å². The highest BCUT2D eigenvalue weighted by Crippen LogP contribution is 2.21. The summed E-state index contributed by atoms with van der Waals surface area (Å²) in [6, 6.07) is 6.86. The molecule has 146 valence electrons. The molecule has 8 nitrogen and oxygen atoms in total. The van der Waals surface area contributed by atoms with E-state index >= 15 is 0 Å². The third kappa shape index (κ3) is 5.73. The van der Waals surface area contributed by atoms with Gasteiger partial charge in [-0.3, -0.25) is 4.79 Å². The maximum atomic E-state index is 12.2. The van der Waals surface area contributed by atoms with Gasteiger partial charge in [-0.25, -0.2) is 9.59 Å². The predicted molar refractivity (Wildman–Crippen MR) is 102 cm³/mol. The van der Waals surface area contributed by atoms with Crippen LogP contribution in [-0.4, -0.2) is 53.7 Å². The zero-order chi connectivity index (χ0) is 20.2. The number of fused-ring (bicyclic) bond motifs is 1. The monoisotopic (exact) mass is 375 g/mol. The minimum Gasteiger partial charge on any atom is -0.461 e. The maximum absolute atomic E-state index is 12.2. The summed E-state index contributed by atoms with van der Waals surface area (Å²) in [7, 11) is 1.49. The molecule has 2 amide bonds. The Hall–Kier alpha value is -3.03. The number of esters is 1. The predicted octanol–water partition coefficient (Wildman–Crippen LogP) is 3.15.